The van der Waals surface area contributed by atoms with Crippen molar-refractivity contribution in [3.05, 3.63) is 53.2 Å². The number of fused-ring (bicyclic) bond motifs is 1. The second-order valence-electron chi connectivity index (χ2n) is 5.13. The maximum Gasteiger partial charge on any atom is 0.276 e. The second-order valence-corrected chi connectivity index (χ2v) is 5.13. The monoisotopic (exact) mass is 280 g/mol. The summed E-state index contributed by atoms with van der Waals surface area (Å²) in [7, 11) is 0. The third-order valence-corrected chi connectivity index (χ3v) is 3.57. The highest BCUT2D eigenvalue weighted by Crippen LogP contribution is 2.21. The van der Waals surface area contributed by atoms with E-state index in [1.54, 1.807) is 12.1 Å². The molecule has 0 radical (unpaired) electrons. The Morgan fingerprint density at radius 1 is 1.14 bits per heavy atom. The minimum absolute atomic E-state index is 0.255. The number of nitrogens with one attached hydrogen (secondary N) is 2. The third-order valence-electron chi connectivity index (χ3n) is 3.57. The van der Waals surface area contributed by atoms with E-state index in [-0.39, 0.29) is 5.91 Å². The highest BCUT2D eigenvalue weighted by molar-refractivity contribution is 6.11. The fourth-order valence-corrected chi connectivity index (χ4v) is 2.21. The molecular weight excluding hydrogens is 264 g/mol. The lowest BCUT2D eigenvalue weighted by Gasteiger charge is -2.06. The third kappa shape index (κ3) is 2.45. The molecule has 0 atom stereocenters. The van der Waals surface area contributed by atoms with Crippen LogP contribution in [0.4, 0.5) is 11.4 Å². The first-order valence-electron chi connectivity index (χ1n) is 6.67. The van der Waals surface area contributed by atoms with Gasteiger partial charge in [-0.2, -0.15) is 5.10 Å². The van der Waals surface area contributed by atoms with Gasteiger partial charge in [0.2, 0.25) is 0 Å². The van der Waals surface area contributed by atoms with Crippen molar-refractivity contribution in [1.82, 2.24) is 10.2 Å². The van der Waals surface area contributed by atoms with E-state index in [0.717, 1.165) is 22.2 Å². The van der Waals surface area contributed by atoms with Gasteiger partial charge in [-0.1, -0.05) is 6.07 Å². The van der Waals surface area contributed by atoms with Crippen LogP contribution in [0, 0.1) is 13.8 Å². The van der Waals surface area contributed by atoms with Crippen LogP contribution in [0.25, 0.3) is 10.9 Å². The molecule has 3 aromatic rings. The summed E-state index contributed by atoms with van der Waals surface area (Å²) < 4.78 is 0. The highest BCUT2D eigenvalue weighted by atomic mass is 16.1. The molecule has 2 aromatic carbocycles. The number of anilines is 2. The van der Waals surface area contributed by atoms with Crippen molar-refractivity contribution in [3.63, 3.8) is 0 Å². The van der Waals surface area contributed by atoms with Crippen molar-refractivity contribution in [3.8, 4) is 0 Å². The number of amides is 1. The summed E-state index contributed by atoms with van der Waals surface area (Å²) in [5.74, 6) is -0.255. The Bertz CT molecular complexity index is 835. The number of aromatic amines is 1. The van der Waals surface area contributed by atoms with Crippen molar-refractivity contribution in [2.75, 3.05) is 11.1 Å². The molecule has 4 N–H and O–H groups in total. The molecule has 21 heavy (non-hydrogen) atoms. The zero-order chi connectivity index (χ0) is 15.0. The average molecular weight is 280 g/mol. The molecule has 106 valence electrons. The van der Waals surface area contributed by atoms with Crippen LogP contribution in [0.3, 0.4) is 0 Å². The SMILES string of the molecule is Cc1ccc(NC(=O)c2n[nH]c3ccc(N)cc23)cc1C. The maximum atomic E-state index is 12.4. The lowest BCUT2D eigenvalue weighted by molar-refractivity contribution is 0.102. The van der Waals surface area contributed by atoms with Gasteiger partial charge in [-0.15, -0.1) is 0 Å². The molecule has 0 saturated carbocycles. The Labute approximate surface area is 122 Å². The number of nitrogens with two attached hydrogens (primary N) is 1. The van der Waals surface area contributed by atoms with Gasteiger partial charge in [-0.3, -0.25) is 9.89 Å². The van der Waals surface area contributed by atoms with Crippen LogP contribution < -0.4 is 11.1 Å². The van der Waals surface area contributed by atoms with Gasteiger partial charge < -0.3 is 11.1 Å². The molecule has 0 fully saturated rings. The zero-order valence-electron chi connectivity index (χ0n) is 11.9. The minimum atomic E-state index is -0.255. The van der Waals surface area contributed by atoms with Gasteiger partial charge >= 0.3 is 0 Å². The number of nitrogens with zero attached hydrogens (tertiary/aromatic N) is 1. The first-order chi connectivity index (χ1) is 10.0. The Hall–Kier alpha value is -2.82. The summed E-state index contributed by atoms with van der Waals surface area (Å²) in [5, 5.41) is 10.5. The molecule has 0 unspecified atom stereocenters. The van der Waals surface area contributed by atoms with Crippen molar-refractivity contribution in [2.45, 2.75) is 13.8 Å². The number of aromatic nitrogens is 2. The normalized spacial score (nSPS) is 10.8. The number of hydrogen-bond acceptors (Lipinski definition) is 3. The first kappa shape index (κ1) is 13.2. The molecule has 1 heterocycles. The summed E-state index contributed by atoms with van der Waals surface area (Å²) in [6.45, 7) is 4.04. The molecular formula is C16H16N4O. The van der Waals surface area contributed by atoms with Crippen molar-refractivity contribution in [1.29, 1.82) is 0 Å². The van der Waals surface area contributed by atoms with Crippen LogP contribution in [0.1, 0.15) is 21.6 Å². The predicted molar refractivity (Wildman–Crippen MR) is 84.4 cm³/mol. The topological polar surface area (TPSA) is 83.8 Å². The Morgan fingerprint density at radius 2 is 1.95 bits per heavy atom. The Kier molecular flexibility index (Phi) is 3.10. The fourth-order valence-electron chi connectivity index (χ4n) is 2.21. The van der Waals surface area contributed by atoms with E-state index in [4.69, 9.17) is 5.73 Å². The van der Waals surface area contributed by atoms with Gasteiger partial charge in [0.25, 0.3) is 5.91 Å². The quantitative estimate of drug-likeness (QED) is 0.631. The van der Waals surface area contributed by atoms with Crippen LogP contribution in [0.5, 0.6) is 0 Å². The molecule has 0 bridgehead atoms. The lowest BCUT2D eigenvalue weighted by atomic mass is 10.1. The van der Waals surface area contributed by atoms with E-state index < -0.39 is 0 Å². The van der Waals surface area contributed by atoms with E-state index in [1.807, 2.05) is 38.1 Å². The molecule has 0 aliphatic rings. The summed E-state index contributed by atoms with van der Waals surface area (Å²) in [6, 6.07) is 11.1. The second kappa shape index (κ2) is 4.94. The molecule has 1 amide bonds. The van der Waals surface area contributed by atoms with Gasteiger partial charge in [0.15, 0.2) is 5.69 Å². The summed E-state index contributed by atoms with van der Waals surface area (Å²) in [4.78, 5) is 12.4. The number of rotatable bonds is 2. The minimum Gasteiger partial charge on any atom is -0.399 e. The molecule has 0 spiro atoms. The van der Waals surface area contributed by atoms with Crippen LogP contribution in [-0.4, -0.2) is 16.1 Å². The molecule has 1 aromatic heterocycles. The molecule has 0 aliphatic heterocycles. The van der Waals surface area contributed by atoms with E-state index in [1.165, 1.54) is 5.56 Å². The average Bonchev–Trinajstić information content (AvgIpc) is 2.86. The predicted octanol–water partition coefficient (Wildman–Crippen LogP) is 3.01. The van der Waals surface area contributed by atoms with Crippen LogP contribution in [0.15, 0.2) is 36.4 Å². The summed E-state index contributed by atoms with van der Waals surface area (Å²) in [5.41, 5.74) is 10.6. The van der Waals surface area contributed by atoms with Gasteiger partial charge in [0, 0.05) is 16.8 Å². The zero-order valence-corrected chi connectivity index (χ0v) is 11.9. The van der Waals surface area contributed by atoms with E-state index in [0.29, 0.717) is 11.4 Å². The highest BCUT2D eigenvalue weighted by Gasteiger charge is 2.14. The smallest absolute Gasteiger partial charge is 0.276 e. The molecule has 5 heteroatoms. The van der Waals surface area contributed by atoms with Crippen LogP contribution in [0.2, 0.25) is 0 Å². The van der Waals surface area contributed by atoms with Crippen molar-refractivity contribution in [2.24, 2.45) is 0 Å². The number of carbonyl (C=O) groups excluding carboxylic acids is 1. The molecule has 0 saturated heterocycles. The number of nitrogen functional groups attached to an aromatic ring is 1. The maximum absolute atomic E-state index is 12.4. The Morgan fingerprint density at radius 3 is 2.71 bits per heavy atom. The number of benzene rings is 2. The van der Waals surface area contributed by atoms with Crippen molar-refractivity contribution < 1.29 is 4.79 Å². The van der Waals surface area contributed by atoms with Gasteiger partial charge in [-0.25, -0.2) is 0 Å². The largest absolute Gasteiger partial charge is 0.399 e. The van der Waals surface area contributed by atoms with E-state index in [2.05, 4.69) is 15.5 Å². The summed E-state index contributed by atoms with van der Waals surface area (Å²) >= 11 is 0. The first-order valence-corrected chi connectivity index (χ1v) is 6.67. The standard InChI is InChI=1S/C16H16N4O/c1-9-3-5-12(7-10(9)2)18-16(21)15-13-8-11(17)4-6-14(13)19-20-15/h3-8H,17H2,1-2H3,(H,18,21)(H,19,20). The van der Waals surface area contributed by atoms with E-state index in [9.17, 15) is 4.79 Å². The van der Waals surface area contributed by atoms with Gasteiger partial charge in [0.1, 0.15) is 0 Å². The number of H-pyrrole nitrogens is 1. The summed E-state index contributed by atoms with van der Waals surface area (Å²) in [6.07, 6.45) is 0. The van der Waals surface area contributed by atoms with Gasteiger partial charge in [-0.05, 0) is 55.3 Å². The van der Waals surface area contributed by atoms with Crippen molar-refractivity contribution >= 4 is 28.2 Å². The van der Waals surface area contributed by atoms with Crippen LogP contribution >= 0.6 is 0 Å². The molecule has 0 aliphatic carbocycles. The van der Waals surface area contributed by atoms with Crippen LogP contribution in [-0.2, 0) is 0 Å². The lowest BCUT2D eigenvalue weighted by Crippen LogP contribution is -2.13. The molecule has 5 nitrogen and oxygen atoms in total. The van der Waals surface area contributed by atoms with E-state index >= 15 is 0 Å². The number of hydrogen-bond donors (Lipinski definition) is 3. The number of carbonyl (C=O) groups is 1. The fraction of sp³-hybridized carbons (Fsp3) is 0.125. The number of aryl methyl sites for hydroxylation is 2. The Balaban J connectivity index is 1.93. The van der Waals surface area contributed by atoms with Gasteiger partial charge in [0.05, 0.1) is 5.52 Å². The molecule has 3 rings (SSSR count).